The molecule has 0 aromatic carbocycles. The molecule has 0 bridgehead atoms. The standard InChI is InChI=1S/C14H26O3/c1-14(2,3)17-13(16)10-6-9-12(15)11-7-4-5-8-11/h11-12,15H,4-10H2,1-3H3. The van der Waals surface area contributed by atoms with E-state index in [-0.39, 0.29) is 12.1 Å². The van der Waals surface area contributed by atoms with Gasteiger partial charge in [-0.05, 0) is 52.4 Å². The summed E-state index contributed by atoms with van der Waals surface area (Å²) in [6.45, 7) is 5.62. The zero-order chi connectivity index (χ0) is 12.9. The summed E-state index contributed by atoms with van der Waals surface area (Å²) in [6, 6.07) is 0. The highest BCUT2D eigenvalue weighted by Gasteiger charge is 2.23. The number of esters is 1. The average molecular weight is 242 g/mol. The SMILES string of the molecule is CC(C)(C)OC(=O)CCCC(O)C1CCCC1. The number of carbonyl (C=O) groups is 1. The fourth-order valence-electron chi connectivity index (χ4n) is 2.43. The quantitative estimate of drug-likeness (QED) is 0.754. The summed E-state index contributed by atoms with van der Waals surface area (Å²) in [7, 11) is 0. The monoisotopic (exact) mass is 242 g/mol. The van der Waals surface area contributed by atoms with E-state index in [1.807, 2.05) is 20.8 Å². The van der Waals surface area contributed by atoms with Crippen molar-refractivity contribution in [3.8, 4) is 0 Å². The molecule has 1 rings (SSSR count). The van der Waals surface area contributed by atoms with Gasteiger partial charge in [0.05, 0.1) is 6.10 Å². The second-order valence-corrected chi connectivity index (χ2v) is 6.09. The van der Waals surface area contributed by atoms with Gasteiger partial charge >= 0.3 is 5.97 Å². The highest BCUT2D eigenvalue weighted by molar-refractivity contribution is 5.69. The van der Waals surface area contributed by atoms with Crippen LogP contribution >= 0.6 is 0 Å². The van der Waals surface area contributed by atoms with E-state index >= 15 is 0 Å². The van der Waals surface area contributed by atoms with Gasteiger partial charge in [0, 0.05) is 6.42 Å². The summed E-state index contributed by atoms with van der Waals surface area (Å²) >= 11 is 0. The molecule has 17 heavy (non-hydrogen) atoms. The maximum atomic E-state index is 11.5. The average Bonchev–Trinajstić information content (AvgIpc) is 2.66. The predicted molar refractivity (Wildman–Crippen MR) is 67.7 cm³/mol. The van der Waals surface area contributed by atoms with Crippen molar-refractivity contribution in [1.82, 2.24) is 0 Å². The summed E-state index contributed by atoms with van der Waals surface area (Å²) in [4.78, 5) is 11.5. The molecule has 0 aliphatic heterocycles. The van der Waals surface area contributed by atoms with E-state index in [1.165, 1.54) is 12.8 Å². The van der Waals surface area contributed by atoms with Gasteiger partial charge < -0.3 is 9.84 Å². The first-order chi connectivity index (χ1) is 7.88. The van der Waals surface area contributed by atoms with Crippen LogP contribution in [0.5, 0.6) is 0 Å². The van der Waals surface area contributed by atoms with Gasteiger partial charge in [-0.15, -0.1) is 0 Å². The smallest absolute Gasteiger partial charge is 0.306 e. The van der Waals surface area contributed by atoms with Crippen molar-refractivity contribution in [2.24, 2.45) is 5.92 Å². The van der Waals surface area contributed by atoms with Gasteiger partial charge in [0.15, 0.2) is 0 Å². The number of carbonyl (C=O) groups excluding carboxylic acids is 1. The number of hydrogen-bond acceptors (Lipinski definition) is 3. The van der Waals surface area contributed by atoms with Crippen LogP contribution < -0.4 is 0 Å². The maximum absolute atomic E-state index is 11.5. The first-order valence-corrected chi connectivity index (χ1v) is 6.78. The van der Waals surface area contributed by atoms with E-state index < -0.39 is 5.60 Å². The van der Waals surface area contributed by atoms with E-state index in [0.29, 0.717) is 12.3 Å². The molecule has 1 aliphatic carbocycles. The van der Waals surface area contributed by atoms with Crippen LogP contribution in [-0.4, -0.2) is 22.8 Å². The molecule has 1 atom stereocenters. The third-order valence-corrected chi connectivity index (χ3v) is 3.24. The Morgan fingerprint density at radius 3 is 2.47 bits per heavy atom. The van der Waals surface area contributed by atoms with Gasteiger partial charge in [-0.25, -0.2) is 0 Å². The van der Waals surface area contributed by atoms with Crippen LogP contribution in [0.4, 0.5) is 0 Å². The molecule has 0 radical (unpaired) electrons. The van der Waals surface area contributed by atoms with Gasteiger partial charge in [0.1, 0.15) is 5.60 Å². The summed E-state index contributed by atoms with van der Waals surface area (Å²) in [5.41, 5.74) is -0.402. The summed E-state index contributed by atoms with van der Waals surface area (Å²) < 4.78 is 5.22. The minimum Gasteiger partial charge on any atom is -0.460 e. The van der Waals surface area contributed by atoms with Crippen LogP contribution in [0.25, 0.3) is 0 Å². The Hall–Kier alpha value is -0.570. The third-order valence-electron chi connectivity index (χ3n) is 3.24. The molecule has 1 aliphatic rings. The molecule has 0 amide bonds. The Morgan fingerprint density at radius 1 is 1.35 bits per heavy atom. The lowest BCUT2D eigenvalue weighted by molar-refractivity contribution is -0.155. The molecule has 0 saturated heterocycles. The van der Waals surface area contributed by atoms with Crippen LogP contribution in [-0.2, 0) is 9.53 Å². The normalized spacial score (nSPS) is 19.3. The molecule has 0 spiro atoms. The zero-order valence-electron chi connectivity index (χ0n) is 11.4. The van der Waals surface area contributed by atoms with Gasteiger partial charge in [-0.3, -0.25) is 4.79 Å². The minimum atomic E-state index is -0.402. The second-order valence-electron chi connectivity index (χ2n) is 6.09. The van der Waals surface area contributed by atoms with Crippen molar-refractivity contribution in [1.29, 1.82) is 0 Å². The van der Waals surface area contributed by atoms with E-state index in [2.05, 4.69) is 0 Å². The summed E-state index contributed by atoms with van der Waals surface area (Å²) in [5.74, 6) is 0.310. The van der Waals surface area contributed by atoms with Crippen LogP contribution in [0, 0.1) is 5.92 Å². The lowest BCUT2D eigenvalue weighted by atomic mass is 9.96. The molecule has 3 nitrogen and oxygen atoms in total. The minimum absolute atomic E-state index is 0.156. The first kappa shape index (κ1) is 14.5. The van der Waals surface area contributed by atoms with Crippen LogP contribution in [0.3, 0.4) is 0 Å². The lowest BCUT2D eigenvalue weighted by Gasteiger charge is -2.20. The highest BCUT2D eigenvalue weighted by atomic mass is 16.6. The van der Waals surface area contributed by atoms with Crippen molar-refractivity contribution >= 4 is 5.97 Å². The Bertz CT molecular complexity index is 236. The maximum Gasteiger partial charge on any atom is 0.306 e. The van der Waals surface area contributed by atoms with Crippen molar-refractivity contribution in [2.45, 2.75) is 77.4 Å². The van der Waals surface area contributed by atoms with Gasteiger partial charge in [-0.2, -0.15) is 0 Å². The van der Waals surface area contributed by atoms with Crippen molar-refractivity contribution in [3.63, 3.8) is 0 Å². The zero-order valence-corrected chi connectivity index (χ0v) is 11.4. The van der Waals surface area contributed by atoms with Gasteiger partial charge in [0.2, 0.25) is 0 Å². The molecule has 3 heteroatoms. The molecule has 100 valence electrons. The molecule has 0 aromatic rings. The highest BCUT2D eigenvalue weighted by Crippen LogP contribution is 2.29. The Balaban J connectivity index is 2.12. The van der Waals surface area contributed by atoms with Crippen molar-refractivity contribution in [3.05, 3.63) is 0 Å². The van der Waals surface area contributed by atoms with Gasteiger partial charge in [0.25, 0.3) is 0 Å². The van der Waals surface area contributed by atoms with E-state index in [0.717, 1.165) is 25.7 Å². The van der Waals surface area contributed by atoms with E-state index in [9.17, 15) is 9.90 Å². The number of aliphatic hydroxyl groups is 1. The number of ether oxygens (including phenoxy) is 1. The lowest BCUT2D eigenvalue weighted by Crippen LogP contribution is -2.24. The topological polar surface area (TPSA) is 46.5 Å². The molecular formula is C14H26O3. The van der Waals surface area contributed by atoms with Crippen LogP contribution in [0.15, 0.2) is 0 Å². The molecule has 1 fully saturated rings. The second kappa shape index (κ2) is 6.39. The molecule has 1 unspecified atom stereocenters. The first-order valence-electron chi connectivity index (χ1n) is 6.78. The largest absolute Gasteiger partial charge is 0.460 e. The number of hydrogen-bond donors (Lipinski definition) is 1. The van der Waals surface area contributed by atoms with Crippen molar-refractivity contribution in [2.75, 3.05) is 0 Å². The molecule has 0 heterocycles. The van der Waals surface area contributed by atoms with Gasteiger partial charge in [-0.1, -0.05) is 12.8 Å². The van der Waals surface area contributed by atoms with E-state index in [1.54, 1.807) is 0 Å². The van der Waals surface area contributed by atoms with Crippen LogP contribution in [0.1, 0.15) is 65.7 Å². The summed E-state index contributed by atoms with van der Waals surface area (Å²) in [6.07, 6.45) is 6.43. The Labute approximate surface area is 105 Å². The predicted octanol–water partition coefficient (Wildman–Crippen LogP) is 3.05. The fourth-order valence-corrected chi connectivity index (χ4v) is 2.43. The Kier molecular flexibility index (Phi) is 5.44. The van der Waals surface area contributed by atoms with E-state index in [4.69, 9.17) is 4.74 Å². The fraction of sp³-hybridized carbons (Fsp3) is 0.929. The summed E-state index contributed by atoms with van der Waals surface area (Å²) in [5, 5.41) is 9.94. The number of aliphatic hydroxyl groups excluding tert-OH is 1. The number of rotatable bonds is 5. The molecule has 1 saturated carbocycles. The van der Waals surface area contributed by atoms with Crippen molar-refractivity contribution < 1.29 is 14.6 Å². The molecule has 0 aromatic heterocycles. The molecular weight excluding hydrogens is 216 g/mol. The molecule has 1 N–H and O–H groups in total. The third kappa shape index (κ3) is 6.06. The Morgan fingerprint density at radius 2 is 1.94 bits per heavy atom. The van der Waals surface area contributed by atoms with Crippen LogP contribution in [0.2, 0.25) is 0 Å².